The van der Waals surface area contributed by atoms with Gasteiger partial charge in [0, 0.05) is 19.3 Å². The zero-order valence-corrected chi connectivity index (χ0v) is 12.5. The summed E-state index contributed by atoms with van der Waals surface area (Å²) in [5.41, 5.74) is 0.154. The van der Waals surface area contributed by atoms with E-state index in [4.69, 9.17) is 16.3 Å². The Morgan fingerprint density at radius 2 is 1.90 bits per heavy atom. The van der Waals surface area contributed by atoms with Gasteiger partial charge in [-0.15, -0.1) is 0 Å². The summed E-state index contributed by atoms with van der Waals surface area (Å²) in [7, 11) is 1.47. The van der Waals surface area contributed by atoms with Crippen molar-refractivity contribution in [2.45, 2.75) is 25.7 Å². The Kier molecular flexibility index (Phi) is 4.05. The van der Waals surface area contributed by atoms with E-state index in [1.54, 1.807) is 0 Å². The lowest BCUT2D eigenvalue weighted by Gasteiger charge is -2.23. The molecular weight excluding hydrogens is 295 g/mol. The highest BCUT2D eigenvalue weighted by Gasteiger charge is 2.20. The van der Waals surface area contributed by atoms with Gasteiger partial charge >= 0.3 is 6.01 Å². The topological polar surface area (TPSA) is 51.1 Å². The minimum absolute atomic E-state index is 0.142. The lowest BCUT2D eigenvalue weighted by Crippen LogP contribution is -2.25. The molecule has 0 atom stereocenters. The molecule has 0 bridgehead atoms. The van der Waals surface area contributed by atoms with Crippen molar-refractivity contribution in [3.05, 3.63) is 17.2 Å². The molecule has 0 aromatic carbocycles. The standard InChI is InChI=1S/C14H16ClFN4O/c1-21-14-18-11-9(8-17-12(15)10(11)16)13(19-14)20-6-4-2-3-5-7-20/h8H,2-7H2,1H3. The van der Waals surface area contributed by atoms with E-state index in [0.717, 1.165) is 25.9 Å². The average molecular weight is 311 g/mol. The van der Waals surface area contributed by atoms with E-state index in [-0.39, 0.29) is 16.7 Å². The number of anilines is 1. The molecule has 3 rings (SSSR count). The molecule has 3 heterocycles. The third-order valence-electron chi connectivity index (χ3n) is 3.69. The number of pyridine rings is 1. The largest absolute Gasteiger partial charge is 0.467 e. The predicted molar refractivity (Wildman–Crippen MR) is 79.5 cm³/mol. The summed E-state index contributed by atoms with van der Waals surface area (Å²) >= 11 is 5.75. The Morgan fingerprint density at radius 1 is 1.19 bits per heavy atom. The second-order valence-electron chi connectivity index (χ2n) is 5.06. The first kappa shape index (κ1) is 14.3. The van der Waals surface area contributed by atoms with Gasteiger partial charge in [0.1, 0.15) is 11.3 Å². The first-order valence-corrected chi connectivity index (χ1v) is 7.39. The Balaban J connectivity index is 2.17. The monoisotopic (exact) mass is 310 g/mol. The first-order chi connectivity index (χ1) is 10.2. The van der Waals surface area contributed by atoms with Crippen molar-refractivity contribution in [2.75, 3.05) is 25.1 Å². The van der Waals surface area contributed by atoms with Crippen molar-refractivity contribution in [2.24, 2.45) is 0 Å². The van der Waals surface area contributed by atoms with Gasteiger partial charge in [0.05, 0.1) is 12.5 Å². The molecule has 1 aliphatic rings. The van der Waals surface area contributed by atoms with Crippen LogP contribution in [0.25, 0.3) is 10.9 Å². The molecule has 1 aliphatic heterocycles. The van der Waals surface area contributed by atoms with Crippen LogP contribution in [0.3, 0.4) is 0 Å². The maximum atomic E-state index is 14.2. The van der Waals surface area contributed by atoms with E-state index in [2.05, 4.69) is 19.9 Å². The molecule has 2 aromatic rings. The molecule has 7 heteroatoms. The molecule has 5 nitrogen and oxygen atoms in total. The molecule has 1 saturated heterocycles. The van der Waals surface area contributed by atoms with Gasteiger partial charge in [-0.1, -0.05) is 24.4 Å². The predicted octanol–water partition coefficient (Wildman–Crippen LogP) is 3.21. The fraction of sp³-hybridized carbons (Fsp3) is 0.500. The summed E-state index contributed by atoms with van der Waals surface area (Å²) in [6.07, 6.45) is 6.12. The molecule has 0 spiro atoms. The second kappa shape index (κ2) is 5.97. The van der Waals surface area contributed by atoms with Gasteiger partial charge in [0.2, 0.25) is 0 Å². The van der Waals surface area contributed by atoms with E-state index in [9.17, 15) is 4.39 Å². The van der Waals surface area contributed by atoms with Crippen LogP contribution >= 0.6 is 11.6 Å². The number of ether oxygens (including phenoxy) is 1. The Bertz CT molecular complexity index is 659. The van der Waals surface area contributed by atoms with Crippen LogP contribution in [0.5, 0.6) is 6.01 Å². The van der Waals surface area contributed by atoms with Crippen LogP contribution in [0, 0.1) is 5.82 Å². The summed E-state index contributed by atoms with van der Waals surface area (Å²) in [5, 5.41) is 0.379. The number of fused-ring (bicyclic) bond motifs is 1. The molecule has 0 unspecified atom stereocenters. The van der Waals surface area contributed by atoms with E-state index in [0.29, 0.717) is 11.2 Å². The minimum atomic E-state index is -0.633. The molecule has 0 radical (unpaired) electrons. The van der Waals surface area contributed by atoms with E-state index in [1.165, 1.54) is 26.1 Å². The SMILES string of the molecule is COc1nc(N2CCCCCC2)c2cnc(Cl)c(F)c2n1. The van der Waals surface area contributed by atoms with Gasteiger partial charge in [-0.3, -0.25) is 0 Å². The van der Waals surface area contributed by atoms with Crippen molar-refractivity contribution >= 4 is 28.3 Å². The molecule has 0 amide bonds. The number of halogens is 2. The highest BCUT2D eigenvalue weighted by atomic mass is 35.5. The third-order valence-corrected chi connectivity index (χ3v) is 3.95. The van der Waals surface area contributed by atoms with E-state index < -0.39 is 5.82 Å². The molecule has 0 N–H and O–H groups in total. The highest BCUT2D eigenvalue weighted by molar-refractivity contribution is 6.30. The van der Waals surface area contributed by atoms with Crippen LogP contribution in [0.2, 0.25) is 5.15 Å². The number of aromatic nitrogens is 3. The molecular formula is C14H16ClFN4O. The van der Waals surface area contributed by atoms with Gasteiger partial charge in [0.15, 0.2) is 11.0 Å². The maximum absolute atomic E-state index is 14.2. The maximum Gasteiger partial charge on any atom is 0.318 e. The van der Waals surface area contributed by atoms with Gasteiger partial charge in [-0.25, -0.2) is 9.37 Å². The van der Waals surface area contributed by atoms with Crippen LogP contribution in [0.15, 0.2) is 6.20 Å². The Labute approximate surface area is 127 Å². The molecule has 0 aliphatic carbocycles. The summed E-state index contributed by atoms with van der Waals surface area (Å²) in [5.74, 6) is 0.0350. The van der Waals surface area contributed by atoms with Gasteiger partial charge < -0.3 is 9.64 Å². The highest BCUT2D eigenvalue weighted by Crippen LogP contribution is 2.30. The van der Waals surface area contributed by atoms with E-state index >= 15 is 0 Å². The van der Waals surface area contributed by atoms with Gasteiger partial charge in [-0.2, -0.15) is 9.97 Å². The fourth-order valence-corrected chi connectivity index (χ4v) is 2.75. The van der Waals surface area contributed by atoms with E-state index in [1.807, 2.05) is 0 Å². The fourth-order valence-electron chi connectivity index (χ4n) is 2.61. The van der Waals surface area contributed by atoms with Crippen molar-refractivity contribution in [3.8, 4) is 6.01 Å². The van der Waals surface area contributed by atoms with Crippen molar-refractivity contribution in [3.63, 3.8) is 0 Å². The summed E-state index contributed by atoms with van der Waals surface area (Å²) in [6, 6.07) is 0.142. The van der Waals surface area contributed by atoms with Crippen molar-refractivity contribution in [1.29, 1.82) is 0 Å². The molecule has 2 aromatic heterocycles. The van der Waals surface area contributed by atoms with Crippen LogP contribution in [0.4, 0.5) is 10.2 Å². The third kappa shape index (κ3) is 2.72. The molecule has 21 heavy (non-hydrogen) atoms. The first-order valence-electron chi connectivity index (χ1n) is 7.01. The summed E-state index contributed by atoms with van der Waals surface area (Å²) < 4.78 is 19.3. The lowest BCUT2D eigenvalue weighted by molar-refractivity contribution is 0.381. The smallest absolute Gasteiger partial charge is 0.318 e. The minimum Gasteiger partial charge on any atom is -0.467 e. The van der Waals surface area contributed by atoms with Crippen LogP contribution in [-0.4, -0.2) is 35.2 Å². The van der Waals surface area contributed by atoms with Crippen molar-refractivity contribution < 1.29 is 9.13 Å². The quantitative estimate of drug-likeness (QED) is 0.797. The zero-order chi connectivity index (χ0) is 14.8. The summed E-state index contributed by atoms with van der Waals surface area (Å²) in [6.45, 7) is 1.78. The molecule has 0 saturated carbocycles. The molecule has 1 fully saturated rings. The second-order valence-corrected chi connectivity index (χ2v) is 5.42. The summed E-state index contributed by atoms with van der Waals surface area (Å²) in [4.78, 5) is 14.5. The number of nitrogens with zero attached hydrogens (tertiary/aromatic N) is 4. The number of hydrogen-bond acceptors (Lipinski definition) is 5. The van der Waals surface area contributed by atoms with Crippen LogP contribution in [-0.2, 0) is 0 Å². The molecule has 112 valence electrons. The number of rotatable bonds is 2. The van der Waals surface area contributed by atoms with Crippen LogP contribution < -0.4 is 9.64 Å². The Hall–Kier alpha value is -1.69. The normalized spacial score (nSPS) is 16.0. The zero-order valence-electron chi connectivity index (χ0n) is 11.8. The van der Waals surface area contributed by atoms with Gasteiger partial charge in [-0.05, 0) is 12.8 Å². The number of hydrogen-bond donors (Lipinski definition) is 0. The average Bonchev–Trinajstić information content (AvgIpc) is 2.79. The Morgan fingerprint density at radius 3 is 2.57 bits per heavy atom. The van der Waals surface area contributed by atoms with Crippen LogP contribution in [0.1, 0.15) is 25.7 Å². The number of methoxy groups -OCH3 is 1. The van der Waals surface area contributed by atoms with Gasteiger partial charge in [0.25, 0.3) is 0 Å². The lowest BCUT2D eigenvalue weighted by atomic mass is 10.2. The van der Waals surface area contributed by atoms with Crippen molar-refractivity contribution in [1.82, 2.24) is 15.0 Å².